The first-order valence-corrected chi connectivity index (χ1v) is 7.76. The monoisotopic (exact) mass is 374 g/mol. The van der Waals surface area contributed by atoms with Crippen molar-refractivity contribution in [1.82, 2.24) is 20.6 Å². The minimum atomic E-state index is 0.455. The summed E-state index contributed by atoms with van der Waals surface area (Å²) in [4.78, 5) is 0. The number of hydrogen-bond donors (Lipinski definition) is 1. The number of methoxy groups -OCH3 is 1. The van der Waals surface area contributed by atoms with Gasteiger partial charge in [0.25, 0.3) is 0 Å². The molecule has 0 atom stereocenters. The molecule has 0 unspecified atom stereocenters. The van der Waals surface area contributed by atoms with E-state index in [4.69, 9.17) is 9.47 Å². The lowest BCUT2D eigenvalue weighted by molar-refractivity contribution is 0.282. The van der Waals surface area contributed by atoms with Crippen LogP contribution in [0.25, 0.3) is 11.4 Å². The molecule has 0 aliphatic heterocycles. The third kappa shape index (κ3) is 3.50. The summed E-state index contributed by atoms with van der Waals surface area (Å²) in [7, 11) is 1.60. The summed E-state index contributed by atoms with van der Waals surface area (Å²) in [5.74, 6) is 1.74. The summed E-state index contributed by atoms with van der Waals surface area (Å²) in [6, 6.07) is 11.9. The van der Waals surface area contributed by atoms with Crippen LogP contribution in [0, 0.1) is 6.92 Å². The van der Waals surface area contributed by atoms with E-state index in [9.17, 15) is 0 Å². The minimum absolute atomic E-state index is 0.455. The molecule has 23 heavy (non-hydrogen) atoms. The second-order valence-corrected chi connectivity index (χ2v) is 5.85. The number of tetrazole rings is 1. The van der Waals surface area contributed by atoms with Gasteiger partial charge >= 0.3 is 0 Å². The van der Waals surface area contributed by atoms with E-state index in [0.29, 0.717) is 23.9 Å². The predicted molar refractivity (Wildman–Crippen MR) is 89.4 cm³/mol. The van der Waals surface area contributed by atoms with Crippen molar-refractivity contribution in [3.8, 4) is 22.9 Å². The Morgan fingerprint density at radius 2 is 1.96 bits per heavy atom. The molecule has 0 aliphatic rings. The van der Waals surface area contributed by atoms with Crippen LogP contribution in [0.1, 0.15) is 11.1 Å². The van der Waals surface area contributed by atoms with Gasteiger partial charge < -0.3 is 9.47 Å². The number of nitrogens with one attached hydrogen (secondary N) is 1. The fourth-order valence-electron chi connectivity index (χ4n) is 2.11. The topological polar surface area (TPSA) is 72.9 Å². The van der Waals surface area contributed by atoms with Crippen LogP contribution in [0.2, 0.25) is 0 Å². The second kappa shape index (κ2) is 6.78. The molecular formula is C16H15BrN4O2. The number of ether oxygens (including phenoxy) is 2. The van der Waals surface area contributed by atoms with Crippen LogP contribution in [0.15, 0.2) is 40.9 Å². The Balaban J connectivity index is 1.85. The Kier molecular flexibility index (Phi) is 4.57. The molecular weight excluding hydrogens is 360 g/mol. The zero-order valence-corrected chi connectivity index (χ0v) is 14.3. The number of aromatic nitrogens is 4. The van der Waals surface area contributed by atoms with Crippen molar-refractivity contribution >= 4 is 15.9 Å². The van der Waals surface area contributed by atoms with Crippen molar-refractivity contribution in [2.45, 2.75) is 13.5 Å². The van der Waals surface area contributed by atoms with Gasteiger partial charge in [-0.25, -0.2) is 0 Å². The van der Waals surface area contributed by atoms with Crippen molar-refractivity contribution in [1.29, 1.82) is 0 Å². The SMILES string of the molecule is COc1cc(-c2nn[nH]n2)cc(Br)c1OCc1ccc(C)cc1. The first kappa shape index (κ1) is 15.5. The summed E-state index contributed by atoms with van der Waals surface area (Å²) >= 11 is 3.52. The Morgan fingerprint density at radius 3 is 2.61 bits per heavy atom. The van der Waals surface area contributed by atoms with E-state index < -0.39 is 0 Å². The number of H-pyrrole nitrogens is 1. The maximum absolute atomic E-state index is 5.92. The first-order valence-electron chi connectivity index (χ1n) is 6.97. The zero-order valence-electron chi connectivity index (χ0n) is 12.7. The van der Waals surface area contributed by atoms with E-state index >= 15 is 0 Å². The normalized spacial score (nSPS) is 10.6. The van der Waals surface area contributed by atoms with Crippen molar-refractivity contribution in [2.24, 2.45) is 0 Å². The minimum Gasteiger partial charge on any atom is -0.493 e. The molecule has 3 rings (SSSR count). The van der Waals surface area contributed by atoms with Crippen LogP contribution in [0.5, 0.6) is 11.5 Å². The molecule has 0 amide bonds. The number of hydrogen-bond acceptors (Lipinski definition) is 5. The molecule has 6 nitrogen and oxygen atoms in total. The Bertz CT molecular complexity index is 789. The lowest BCUT2D eigenvalue weighted by atomic mass is 10.1. The lowest BCUT2D eigenvalue weighted by Crippen LogP contribution is -1.99. The predicted octanol–water partition coefficient (Wildman–Crippen LogP) is 3.53. The van der Waals surface area contributed by atoms with Gasteiger partial charge in [0, 0.05) is 5.56 Å². The maximum Gasteiger partial charge on any atom is 0.204 e. The molecule has 3 aromatic rings. The summed E-state index contributed by atoms with van der Waals surface area (Å²) in [6.07, 6.45) is 0. The number of nitrogens with zero attached hydrogens (tertiary/aromatic N) is 3. The number of halogens is 1. The second-order valence-electron chi connectivity index (χ2n) is 5.00. The van der Waals surface area contributed by atoms with Gasteiger partial charge in [-0.3, -0.25) is 0 Å². The molecule has 0 aliphatic carbocycles. The fourth-order valence-corrected chi connectivity index (χ4v) is 2.67. The third-order valence-corrected chi connectivity index (χ3v) is 3.93. The lowest BCUT2D eigenvalue weighted by Gasteiger charge is -2.13. The van der Waals surface area contributed by atoms with Crippen molar-refractivity contribution in [3.63, 3.8) is 0 Å². The third-order valence-electron chi connectivity index (χ3n) is 3.34. The van der Waals surface area contributed by atoms with Crippen LogP contribution in [-0.4, -0.2) is 27.7 Å². The van der Waals surface area contributed by atoms with Crippen molar-refractivity contribution in [3.05, 3.63) is 52.0 Å². The van der Waals surface area contributed by atoms with E-state index in [2.05, 4.69) is 55.6 Å². The number of aromatic amines is 1. The Morgan fingerprint density at radius 1 is 1.17 bits per heavy atom. The largest absolute Gasteiger partial charge is 0.493 e. The van der Waals surface area contributed by atoms with Crippen LogP contribution in [0.3, 0.4) is 0 Å². The quantitative estimate of drug-likeness (QED) is 0.739. The summed E-state index contributed by atoms with van der Waals surface area (Å²) in [5, 5.41) is 13.9. The van der Waals surface area contributed by atoms with E-state index in [1.54, 1.807) is 7.11 Å². The highest BCUT2D eigenvalue weighted by Gasteiger charge is 2.14. The van der Waals surface area contributed by atoms with Gasteiger partial charge in [0.05, 0.1) is 11.6 Å². The number of benzene rings is 2. The van der Waals surface area contributed by atoms with Gasteiger partial charge in [-0.1, -0.05) is 29.8 Å². The molecule has 0 fully saturated rings. The molecule has 7 heteroatoms. The Labute approximate surface area is 142 Å². The van der Waals surface area contributed by atoms with Gasteiger partial charge in [-0.05, 0) is 45.8 Å². The number of aryl methyl sites for hydroxylation is 1. The molecule has 118 valence electrons. The summed E-state index contributed by atoms with van der Waals surface area (Å²) < 4.78 is 12.1. The van der Waals surface area contributed by atoms with E-state index in [-0.39, 0.29) is 0 Å². The molecule has 0 saturated heterocycles. The molecule has 0 saturated carbocycles. The van der Waals surface area contributed by atoms with E-state index in [1.807, 2.05) is 24.3 Å². The first-order chi connectivity index (χ1) is 11.2. The van der Waals surface area contributed by atoms with E-state index in [1.165, 1.54) is 5.56 Å². The van der Waals surface area contributed by atoms with Gasteiger partial charge in [-0.15, -0.1) is 10.2 Å². The van der Waals surface area contributed by atoms with Crippen LogP contribution >= 0.6 is 15.9 Å². The van der Waals surface area contributed by atoms with Gasteiger partial charge in [0.15, 0.2) is 11.5 Å². The van der Waals surface area contributed by atoms with Gasteiger partial charge in [-0.2, -0.15) is 5.21 Å². The summed E-state index contributed by atoms with van der Waals surface area (Å²) in [5.41, 5.74) is 3.09. The molecule has 0 radical (unpaired) electrons. The Hall–Kier alpha value is -2.41. The van der Waals surface area contributed by atoms with Gasteiger partial charge in [0.1, 0.15) is 6.61 Å². The fraction of sp³-hybridized carbons (Fsp3) is 0.188. The van der Waals surface area contributed by atoms with Crippen molar-refractivity contribution < 1.29 is 9.47 Å². The van der Waals surface area contributed by atoms with Crippen LogP contribution in [0.4, 0.5) is 0 Å². The smallest absolute Gasteiger partial charge is 0.204 e. The maximum atomic E-state index is 5.92. The highest BCUT2D eigenvalue weighted by atomic mass is 79.9. The average molecular weight is 375 g/mol. The highest BCUT2D eigenvalue weighted by molar-refractivity contribution is 9.10. The standard InChI is InChI=1S/C16H15BrN4O2/c1-10-3-5-11(6-4-10)9-23-15-13(17)7-12(8-14(15)22-2)16-18-20-21-19-16/h3-8H,9H2,1-2H3,(H,18,19,20,21). The molecule has 0 bridgehead atoms. The zero-order chi connectivity index (χ0) is 16.2. The average Bonchev–Trinajstić information content (AvgIpc) is 3.09. The molecule has 2 aromatic carbocycles. The molecule has 1 aromatic heterocycles. The van der Waals surface area contributed by atoms with Gasteiger partial charge in [0.2, 0.25) is 5.82 Å². The summed E-state index contributed by atoms with van der Waals surface area (Å²) in [6.45, 7) is 2.51. The van der Waals surface area contributed by atoms with E-state index in [0.717, 1.165) is 15.6 Å². The molecule has 1 heterocycles. The van der Waals surface area contributed by atoms with Crippen LogP contribution < -0.4 is 9.47 Å². The highest BCUT2D eigenvalue weighted by Crippen LogP contribution is 2.39. The van der Waals surface area contributed by atoms with Crippen LogP contribution in [-0.2, 0) is 6.61 Å². The molecule has 0 spiro atoms. The van der Waals surface area contributed by atoms with Crippen molar-refractivity contribution in [2.75, 3.05) is 7.11 Å². The number of rotatable bonds is 5. The molecule has 1 N–H and O–H groups in total.